The third-order valence-electron chi connectivity index (χ3n) is 5.59. The first-order valence-corrected chi connectivity index (χ1v) is 11.9. The lowest BCUT2D eigenvalue weighted by molar-refractivity contribution is 0.122. The van der Waals surface area contributed by atoms with Gasteiger partial charge in [0.2, 0.25) is 10.0 Å². The average molecular weight is 429 g/mol. The standard InChI is InChI=1S/C22H28N4O3S/c1-3-26-20-10-9-18(25-11-13-29-14-12-25)15-19(20)21(23)22(26)16-5-7-17(8-6-16)24-30(27,28)4-2/h5-10,15,24H,3-4,11-14,23H2,1-2H3. The molecule has 0 bridgehead atoms. The Labute approximate surface area is 177 Å². The van der Waals surface area contributed by atoms with Crippen molar-refractivity contribution in [2.45, 2.75) is 20.4 Å². The van der Waals surface area contributed by atoms with Crippen LogP contribution in [0.3, 0.4) is 0 Å². The molecule has 2 aromatic carbocycles. The molecule has 0 radical (unpaired) electrons. The number of hydrogen-bond donors (Lipinski definition) is 2. The number of nitrogens with one attached hydrogen (secondary N) is 1. The Morgan fingerprint density at radius 1 is 1.07 bits per heavy atom. The largest absolute Gasteiger partial charge is 0.396 e. The van der Waals surface area contributed by atoms with Gasteiger partial charge in [-0.15, -0.1) is 0 Å². The molecule has 8 heteroatoms. The van der Waals surface area contributed by atoms with Crippen LogP contribution in [0.4, 0.5) is 17.1 Å². The molecule has 0 saturated carbocycles. The molecule has 1 aliphatic heterocycles. The lowest BCUT2D eigenvalue weighted by atomic mass is 10.1. The second kappa shape index (κ2) is 8.20. The number of nitrogens with two attached hydrogens (primary N) is 1. The predicted molar refractivity (Wildman–Crippen MR) is 124 cm³/mol. The van der Waals surface area contributed by atoms with E-state index in [-0.39, 0.29) is 5.75 Å². The molecule has 1 fully saturated rings. The number of nitrogen functional groups attached to an aromatic ring is 1. The average Bonchev–Trinajstić information content (AvgIpc) is 3.06. The Morgan fingerprint density at radius 2 is 1.77 bits per heavy atom. The van der Waals surface area contributed by atoms with Crippen molar-refractivity contribution in [1.29, 1.82) is 0 Å². The van der Waals surface area contributed by atoms with Crippen LogP contribution >= 0.6 is 0 Å². The van der Waals surface area contributed by atoms with Crippen LogP contribution in [0.2, 0.25) is 0 Å². The van der Waals surface area contributed by atoms with Crippen molar-refractivity contribution in [2.75, 3.05) is 47.4 Å². The number of aromatic nitrogens is 1. The number of rotatable bonds is 6. The molecule has 7 nitrogen and oxygen atoms in total. The van der Waals surface area contributed by atoms with Gasteiger partial charge in [-0.05, 0) is 44.2 Å². The van der Waals surface area contributed by atoms with Gasteiger partial charge in [0.1, 0.15) is 0 Å². The van der Waals surface area contributed by atoms with Crippen molar-refractivity contribution in [3.8, 4) is 11.3 Å². The van der Waals surface area contributed by atoms with E-state index >= 15 is 0 Å². The van der Waals surface area contributed by atoms with E-state index in [2.05, 4.69) is 39.3 Å². The van der Waals surface area contributed by atoms with E-state index in [0.29, 0.717) is 5.69 Å². The normalized spacial score (nSPS) is 14.9. The van der Waals surface area contributed by atoms with Crippen molar-refractivity contribution in [3.05, 3.63) is 42.5 Å². The summed E-state index contributed by atoms with van der Waals surface area (Å²) >= 11 is 0. The summed E-state index contributed by atoms with van der Waals surface area (Å²) in [7, 11) is -3.30. The highest BCUT2D eigenvalue weighted by Gasteiger charge is 2.19. The third-order valence-corrected chi connectivity index (χ3v) is 6.90. The summed E-state index contributed by atoms with van der Waals surface area (Å²) in [6, 6.07) is 13.8. The predicted octanol–water partition coefficient (Wildman–Crippen LogP) is 3.51. The van der Waals surface area contributed by atoms with Gasteiger partial charge in [0.25, 0.3) is 0 Å². The monoisotopic (exact) mass is 428 g/mol. The minimum absolute atomic E-state index is 0.0389. The van der Waals surface area contributed by atoms with E-state index in [9.17, 15) is 8.42 Å². The third kappa shape index (κ3) is 3.85. The molecule has 0 aliphatic carbocycles. The SMILES string of the molecule is CCn1c(-c2ccc(NS(=O)(=O)CC)cc2)c(N)c2cc(N3CCOCC3)ccc21. The van der Waals surface area contributed by atoms with Crippen molar-refractivity contribution < 1.29 is 13.2 Å². The first kappa shape index (κ1) is 20.6. The van der Waals surface area contributed by atoms with E-state index in [1.807, 2.05) is 12.1 Å². The molecule has 3 aromatic rings. The highest BCUT2D eigenvalue weighted by atomic mass is 32.2. The van der Waals surface area contributed by atoms with E-state index in [0.717, 1.165) is 66.4 Å². The first-order chi connectivity index (χ1) is 14.4. The maximum atomic E-state index is 11.8. The van der Waals surface area contributed by atoms with Crippen LogP contribution < -0.4 is 15.4 Å². The van der Waals surface area contributed by atoms with E-state index < -0.39 is 10.0 Å². The molecule has 160 valence electrons. The summed E-state index contributed by atoms with van der Waals surface area (Å²) in [4.78, 5) is 2.32. The smallest absolute Gasteiger partial charge is 0.232 e. The molecule has 0 spiro atoms. The van der Waals surface area contributed by atoms with Gasteiger partial charge in [0.15, 0.2) is 0 Å². The minimum Gasteiger partial charge on any atom is -0.396 e. The number of sulfonamides is 1. The summed E-state index contributed by atoms with van der Waals surface area (Å²) in [6.07, 6.45) is 0. The van der Waals surface area contributed by atoms with Gasteiger partial charge in [-0.2, -0.15) is 0 Å². The lowest BCUT2D eigenvalue weighted by Gasteiger charge is -2.28. The second-order valence-electron chi connectivity index (χ2n) is 7.39. The molecule has 0 atom stereocenters. The Bertz CT molecular complexity index is 1150. The van der Waals surface area contributed by atoms with Crippen LogP contribution in [-0.4, -0.2) is 45.0 Å². The molecule has 1 saturated heterocycles. The first-order valence-electron chi connectivity index (χ1n) is 10.3. The number of nitrogens with zero attached hydrogens (tertiary/aromatic N) is 2. The van der Waals surface area contributed by atoms with E-state index in [4.69, 9.17) is 10.5 Å². The topological polar surface area (TPSA) is 89.6 Å². The number of aryl methyl sites for hydroxylation is 1. The summed E-state index contributed by atoms with van der Waals surface area (Å²) < 4.78 is 33.9. The van der Waals surface area contributed by atoms with Gasteiger partial charge in [0, 0.05) is 42.0 Å². The highest BCUT2D eigenvalue weighted by molar-refractivity contribution is 7.92. The quantitative estimate of drug-likeness (QED) is 0.627. The second-order valence-corrected chi connectivity index (χ2v) is 9.40. The van der Waals surface area contributed by atoms with Gasteiger partial charge in [-0.1, -0.05) is 12.1 Å². The van der Waals surface area contributed by atoms with Crippen LogP contribution in [0, 0.1) is 0 Å². The Hall–Kier alpha value is -2.71. The molecule has 3 N–H and O–H groups in total. The van der Waals surface area contributed by atoms with Crippen LogP contribution in [0.15, 0.2) is 42.5 Å². The zero-order valence-corrected chi connectivity index (χ0v) is 18.2. The molecule has 0 unspecified atom stereocenters. The maximum Gasteiger partial charge on any atom is 0.232 e. The fraction of sp³-hybridized carbons (Fsp3) is 0.364. The van der Waals surface area contributed by atoms with Gasteiger partial charge in [-0.25, -0.2) is 8.42 Å². The number of hydrogen-bond acceptors (Lipinski definition) is 5. The minimum atomic E-state index is -3.30. The molecule has 0 amide bonds. The fourth-order valence-electron chi connectivity index (χ4n) is 3.97. The van der Waals surface area contributed by atoms with Crippen LogP contribution in [-0.2, 0) is 21.3 Å². The molecule has 1 aliphatic rings. The summed E-state index contributed by atoms with van der Waals surface area (Å²) in [5, 5.41) is 1.03. The number of ether oxygens (including phenoxy) is 1. The van der Waals surface area contributed by atoms with Gasteiger partial charge in [-0.3, -0.25) is 4.72 Å². The Kier molecular flexibility index (Phi) is 5.62. The number of benzene rings is 2. The van der Waals surface area contributed by atoms with E-state index in [1.165, 1.54) is 0 Å². The van der Waals surface area contributed by atoms with Crippen molar-refractivity contribution >= 4 is 38.0 Å². The lowest BCUT2D eigenvalue weighted by Crippen LogP contribution is -2.36. The highest BCUT2D eigenvalue weighted by Crippen LogP contribution is 2.38. The summed E-state index contributed by atoms with van der Waals surface area (Å²) in [5.41, 5.74) is 12.1. The summed E-state index contributed by atoms with van der Waals surface area (Å²) in [5.74, 6) is 0.0389. The van der Waals surface area contributed by atoms with Crippen LogP contribution in [0.25, 0.3) is 22.2 Å². The zero-order valence-electron chi connectivity index (χ0n) is 17.4. The molecule has 2 heterocycles. The number of anilines is 3. The van der Waals surface area contributed by atoms with E-state index in [1.54, 1.807) is 19.1 Å². The Morgan fingerprint density at radius 3 is 2.40 bits per heavy atom. The molecule has 4 rings (SSSR count). The van der Waals surface area contributed by atoms with Gasteiger partial charge in [0.05, 0.1) is 35.9 Å². The van der Waals surface area contributed by atoms with Gasteiger partial charge < -0.3 is 19.9 Å². The van der Waals surface area contributed by atoms with Crippen molar-refractivity contribution in [3.63, 3.8) is 0 Å². The maximum absolute atomic E-state index is 11.8. The molecule has 1 aromatic heterocycles. The van der Waals surface area contributed by atoms with Crippen molar-refractivity contribution in [1.82, 2.24) is 4.57 Å². The van der Waals surface area contributed by atoms with Gasteiger partial charge >= 0.3 is 0 Å². The summed E-state index contributed by atoms with van der Waals surface area (Å²) in [6.45, 7) is 7.73. The molecular formula is C22H28N4O3S. The van der Waals surface area contributed by atoms with Crippen LogP contribution in [0.5, 0.6) is 0 Å². The fourth-order valence-corrected chi connectivity index (χ4v) is 4.61. The number of fused-ring (bicyclic) bond motifs is 1. The zero-order chi connectivity index (χ0) is 21.3. The Balaban J connectivity index is 1.74. The molecular weight excluding hydrogens is 400 g/mol. The van der Waals surface area contributed by atoms with Crippen LogP contribution in [0.1, 0.15) is 13.8 Å². The number of morpholine rings is 1. The molecule has 30 heavy (non-hydrogen) atoms. The van der Waals surface area contributed by atoms with Crippen molar-refractivity contribution in [2.24, 2.45) is 0 Å².